The number of benzene rings is 2. The molecule has 0 radical (unpaired) electrons. The lowest BCUT2D eigenvalue weighted by atomic mass is 10.1. The van der Waals surface area contributed by atoms with Crippen LogP contribution in [-0.4, -0.2) is 15.8 Å². The smallest absolute Gasteiger partial charge is 0.162 e. The van der Waals surface area contributed by atoms with Crippen molar-refractivity contribution in [2.24, 2.45) is 0 Å². The van der Waals surface area contributed by atoms with Crippen LogP contribution in [0.3, 0.4) is 0 Å². The van der Waals surface area contributed by atoms with Crippen molar-refractivity contribution in [3.05, 3.63) is 59.9 Å². The van der Waals surface area contributed by atoms with E-state index in [-0.39, 0.29) is 18.2 Å². The fourth-order valence-electron chi connectivity index (χ4n) is 2.33. The van der Waals surface area contributed by atoms with Crippen LogP contribution in [0, 0.1) is 0 Å². The first-order valence-corrected chi connectivity index (χ1v) is 7.46. The van der Waals surface area contributed by atoms with Crippen molar-refractivity contribution in [1.29, 1.82) is 0 Å². The van der Waals surface area contributed by atoms with Gasteiger partial charge in [0.05, 0.1) is 11.0 Å². The Kier molecular flexibility index (Phi) is 5.77. The molecular weight excluding hydrogens is 312 g/mol. The lowest BCUT2D eigenvalue weighted by Gasteiger charge is -2.05. The van der Waals surface area contributed by atoms with Gasteiger partial charge in [-0.1, -0.05) is 19.1 Å². The number of para-hydroxylation sites is 2. The molecule has 3 rings (SSSR count). The lowest BCUT2D eigenvalue weighted by molar-refractivity contribution is 0.0981. The zero-order valence-electron chi connectivity index (χ0n) is 12.9. The van der Waals surface area contributed by atoms with E-state index in [0.717, 1.165) is 34.6 Å². The Bertz CT molecular complexity index is 748. The van der Waals surface area contributed by atoms with Crippen LogP contribution in [0.15, 0.2) is 48.5 Å². The summed E-state index contributed by atoms with van der Waals surface area (Å²) in [5, 5.41) is 0. The second kappa shape index (κ2) is 7.79. The molecule has 2 aromatic carbocycles. The van der Waals surface area contributed by atoms with E-state index >= 15 is 0 Å². The Morgan fingerprint density at radius 3 is 2.57 bits per heavy atom. The molecule has 23 heavy (non-hydrogen) atoms. The predicted molar refractivity (Wildman–Crippen MR) is 93.4 cm³/mol. The van der Waals surface area contributed by atoms with Gasteiger partial charge >= 0.3 is 0 Å². The van der Waals surface area contributed by atoms with Crippen molar-refractivity contribution >= 4 is 29.2 Å². The number of Topliss-reactive ketones (excluding diaryl/α,β-unsaturated/α-hetero) is 1. The molecule has 1 aromatic heterocycles. The van der Waals surface area contributed by atoms with Gasteiger partial charge in [0, 0.05) is 12.0 Å². The Morgan fingerprint density at radius 1 is 1.13 bits per heavy atom. The molecule has 1 heterocycles. The number of H-pyrrole nitrogens is 1. The number of aromatic amines is 1. The first-order valence-electron chi connectivity index (χ1n) is 7.46. The summed E-state index contributed by atoms with van der Waals surface area (Å²) in [6.45, 7) is 2.37. The van der Waals surface area contributed by atoms with Gasteiger partial charge in [-0.25, -0.2) is 4.98 Å². The minimum absolute atomic E-state index is 0. The molecule has 0 bridgehead atoms. The quantitative estimate of drug-likeness (QED) is 0.675. The molecule has 0 fully saturated rings. The van der Waals surface area contributed by atoms with E-state index < -0.39 is 0 Å². The van der Waals surface area contributed by atoms with Crippen LogP contribution in [0.1, 0.15) is 35.9 Å². The average molecular weight is 331 g/mol. The van der Waals surface area contributed by atoms with E-state index in [2.05, 4.69) is 9.97 Å². The van der Waals surface area contributed by atoms with Gasteiger partial charge in [-0.3, -0.25) is 4.79 Å². The fraction of sp³-hybridized carbons (Fsp3) is 0.222. The number of imidazole rings is 1. The van der Waals surface area contributed by atoms with Crippen LogP contribution < -0.4 is 4.74 Å². The second-order valence-corrected chi connectivity index (χ2v) is 5.19. The monoisotopic (exact) mass is 330 g/mol. The summed E-state index contributed by atoms with van der Waals surface area (Å²) in [5.74, 6) is 1.69. The highest BCUT2D eigenvalue weighted by molar-refractivity contribution is 5.96. The van der Waals surface area contributed by atoms with Crippen LogP contribution in [0.2, 0.25) is 0 Å². The highest BCUT2D eigenvalue weighted by Gasteiger charge is 2.06. The van der Waals surface area contributed by atoms with Crippen molar-refractivity contribution in [2.45, 2.75) is 26.4 Å². The molecule has 120 valence electrons. The Hall–Kier alpha value is -2.33. The van der Waals surface area contributed by atoms with E-state index in [1.807, 2.05) is 55.5 Å². The number of carbonyl (C=O) groups excluding carboxylic acids is 1. The third kappa shape index (κ3) is 4.11. The number of ketones is 1. The summed E-state index contributed by atoms with van der Waals surface area (Å²) >= 11 is 0. The molecule has 0 aliphatic heterocycles. The highest BCUT2D eigenvalue weighted by atomic mass is 35.5. The van der Waals surface area contributed by atoms with E-state index in [4.69, 9.17) is 4.74 Å². The van der Waals surface area contributed by atoms with Gasteiger partial charge in [-0.2, -0.15) is 0 Å². The molecular formula is C18H19ClN2O2. The molecule has 0 unspecified atom stereocenters. The molecule has 0 aliphatic rings. The third-order valence-corrected chi connectivity index (χ3v) is 3.47. The van der Waals surface area contributed by atoms with Crippen LogP contribution in [0.4, 0.5) is 0 Å². The maximum Gasteiger partial charge on any atom is 0.162 e. The molecule has 1 N–H and O–H groups in total. The average Bonchev–Trinajstić information content (AvgIpc) is 2.96. The van der Waals surface area contributed by atoms with Crippen LogP contribution in [-0.2, 0) is 6.61 Å². The van der Waals surface area contributed by atoms with Crippen LogP contribution in [0.25, 0.3) is 11.0 Å². The zero-order chi connectivity index (χ0) is 15.4. The van der Waals surface area contributed by atoms with E-state index in [1.54, 1.807) is 0 Å². The number of nitrogens with one attached hydrogen (secondary N) is 1. The second-order valence-electron chi connectivity index (χ2n) is 5.19. The minimum atomic E-state index is 0. The first-order chi connectivity index (χ1) is 10.8. The van der Waals surface area contributed by atoms with Gasteiger partial charge in [-0.05, 0) is 42.8 Å². The van der Waals surface area contributed by atoms with Crippen molar-refractivity contribution in [2.75, 3.05) is 0 Å². The summed E-state index contributed by atoms with van der Waals surface area (Å²) in [4.78, 5) is 19.5. The van der Waals surface area contributed by atoms with Gasteiger partial charge in [0.25, 0.3) is 0 Å². The molecule has 5 heteroatoms. The predicted octanol–water partition coefficient (Wildman–Crippen LogP) is 4.55. The Labute approximate surface area is 141 Å². The molecule has 0 aliphatic carbocycles. The number of halogens is 1. The SMILES string of the molecule is CCCC(=O)c1ccc(OCc2nc3ccccc3[nH]2)cc1.Cl. The number of rotatable bonds is 6. The van der Waals surface area contributed by atoms with Crippen LogP contribution >= 0.6 is 12.4 Å². The van der Waals surface area contributed by atoms with Gasteiger partial charge in [-0.15, -0.1) is 12.4 Å². The number of carbonyl (C=O) groups is 1. The molecule has 0 saturated heterocycles. The molecule has 0 amide bonds. The van der Waals surface area contributed by atoms with Gasteiger partial charge in [0.15, 0.2) is 5.78 Å². The largest absolute Gasteiger partial charge is 0.486 e. The Balaban J connectivity index is 0.00000192. The standard InChI is InChI=1S/C18H18N2O2.ClH/c1-2-5-17(21)13-8-10-14(11-9-13)22-12-18-19-15-6-3-4-7-16(15)20-18;/h3-4,6-11H,2,5,12H2,1H3,(H,19,20);1H. The van der Waals surface area contributed by atoms with Crippen molar-refractivity contribution in [1.82, 2.24) is 9.97 Å². The van der Waals surface area contributed by atoms with E-state index in [9.17, 15) is 4.79 Å². The molecule has 0 atom stereocenters. The summed E-state index contributed by atoms with van der Waals surface area (Å²) in [6, 6.07) is 15.1. The minimum Gasteiger partial charge on any atom is -0.486 e. The number of nitrogens with zero attached hydrogens (tertiary/aromatic N) is 1. The van der Waals surface area contributed by atoms with Crippen LogP contribution in [0.5, 0.6) is 5.75 Å². The van der Waals surface area contributed by atoms with Crippen molar-refractivity contribution in [3.63, 3.8) is 0 Å². The van der Waals surface area contributed by atoms with E-state index in [1.165, 1.54) is 0 Å². The summed E-state index contributed by atoms with van der Waals surface area (Å²) in [5.41, 5.74) is 2.67. The molecule has 4 nitrogen and oxygen atoms in total. The van der Waals surface area contributed by atoms with Crippen molar-refractivity contribution in [3.8, 4) is 5.75 Å². The summed E-state index contributed by atoms with van der Waals surface area (Å²) in [7, 11) is 0. The maximum atomic E-state index is 11.8. The molecule has 3 aromatic rings. The topological polar surface area (TPSA) is 55.0 Å². The number of ether oxygens (including phenoxy) is 1. The van der Waals surface area contributed by atoms with E-state index in [0.29, 0.717) is 13.0 Å². The third-order valence-electron chi connectivity index (χ3n) is 3.47. The first kappa shape index (κ1) is 17.0. The number of hydrogen-bond acceptors (Lipinski definition) is 3. The lowest BCUT2D eigenvalue weighted by Crippen LogP contribution is -2.00. The number of aromatic nitrogens is 2. The van der Waals surface area contributed by atoms with Crippen molar-refractivity contribution < 1.29 is 9.53 Å². The van der Waals surface area contributed by atoms with Gasteiger partial charge < -0.3 is 9.72 Å². The summed E-state index contributed by atoms with van der Waals surface area (Å²) in [6.07, 6.45) is 1.45. The Morgan fingerprint density at radius 2 is 1.87 bits per heavy atom. The number of fused-ring (bicyclic) bond motifs is 1. The normalized spacial score (nSPS) is 10.3. The van der Waals surface area contributed by atoms with Gasteiger partial charge in [0.1, 0.15) is 18.2 Å². The molecule has 0 spiro atoms. The highest BCUT2D eigenvalue weighted by Crippen LogP contribution is 2.16. The maximum absolute atomic E-state index is 11.8. The van der Waals surface area contributed by atoms with Gasteiger partial charge in [0.2, 0.25) is 0 Å². The zero-order valence-corrected chi connectivity index (χ0v) is 13.7. The number of hydrogen-bond donors (Lipinski definition) is 1. The molecule has 0 saturated carbocycles. The summed E-state index contributed by atoms with van der Waals surface area (Å²) < 4.78 is 5.71. The fourth-order valence-corrected chi connectivity index (χ4v) is 2.33.